The third-order valence-electron chi connectivity index (χ3n) is 6.02. The Hall–Kier alpha value is -2.22. The number of carbonyl (C=O) groups is 4. The highest BCUT2D eigenvalue weighted by atomic mass is 16.4. The predicted molar refractivity (Wildman–Crippen MR) is 120 cm³/mol. The fourth-order valence-electron chi connectivity index (χ4n) is 4.15. The van der Waals surface area contributed by atoms with Gasteiger partial charge in [0.1, 0.15) is 11.8 Å². The molecule has 1 aliphatic carbocycles. The van der Waals surface area contributed by atoms with Gasteiger partial charge in [-0.3, -0.25) is 14.4 Å². The summed E-state index contributed by atoms with van der Waals surface area (Å²) in [6.45, 7) is 2.13. The van der Waals surface area contributed by atoms with Crippen molar-refractivity contribution in [3.63, 3.8) is 0 Å². The van der Waals surface area contributed by atoms with Gasteiger partial charge in [-0.1, -0.05) is 57.6 Å². The van der Waals surface area contributed by atoms with E-state index in [0.717, 1.165) is 57.8 Å². The van der Waals surface area contributed by atoms with E-state index in [2.05, 4.69) is 12.2 Å². The number of carboxylic acids is 2. The Bertz CT molecular complexity index is 646. The van der Waals surface area contributed by atoms with E-state index in [0.29, 0.717) is 12.8 Å². The van der Waals surface area contributed by atoms with Gasteiger partial charge in [-0.25, -0.2) is 4.79 Å². The zero-order valence-corrected chi connectivity index (χ0v) is 19.1. The summed E-state index contributed by atoms with van der Waals surface area (Å²) in [4.78, 5) is 45.7. The summed E-state index contributed by atoms with van der Waals surface area (Å²) in [7, 11) is 0. The first-order valence-corrected chi connectivity index (χ1v) is 11.9. The topological polar surface area (TPSA) is 141 Å². The van der Waals surface area contributed by atoms with Gasteiger partial charge in [0.05, 0.1) is 12.5 Å². The Balaban J connectivity index is 2.27. The number of carboxylic acid groups (broad SMARTS) is 2. The normalized spacial score (nSPS) is 20.4. The Labute approximate surface area is 190 Å². The highest BCUT2D eigenvalue weighted by molar-refractivity contribution is 5.86. The van der Waals surface area contributed by atoms with Crippen molar-refractivity contribution < 1.29 is 34.5 Å². The van der Waals surface area contributed by atoms with Gasteiger partial charge in [-0.15, -0.1) is 0 Å². The maximum atomic E-state index is 12.2. The third-order valence-corrected chi connectivity index (χ3v) is 6.02. The Morgan fingerprint density at radius 2 is 1.81 bits per heavy atom. The van der Waals surface area contributed by atoms with Crippen molar-refractivity contribution in [2.24, 2.45) is 11.8 Å². The quantitative estimate of drug-likeness (QED) is 0.195. The summed E-state index contributed by atoms with van der Waals surface area (Å²) in [6.07, 6.45) is 12.2. The number of hydrogen-bond acceptors (Lipinski definition) is 5. The molecule has 0 bridgehead atoms. The molecule has 1 unspecified atom stereocenters. The van der Waals surface area contributed by atoms with Gasteiger partial charge in [0.15, 0.2) is 0 Å². The lowest BCUT2D eigenvalue weighted by molar-refractivity contribution is -0.147. The second-order valence-corrected chi connectivity index (χ2v) is 8.73. The summed E-state index contributed by atoms with van der Waals surface area (Å²) in [5.41, 5.74) is 0. The molecule has 8 nitrogen and oxygen atoms in total. The Morgan fingerprint density at radius 3 is 2.47 bits per heavy atom. The third kappa shape index (κ3) is 11.4. The molecule has 4 atom stereocenters. The molecule has 1 rings (SSSR count). The van der Waals surface area contributed by atoms with E-state index in [-0.39, 0.29) is 24.0 Å². The fraction of sp³-hybridized carbons (Fsp3) is 0.750. The van der Waals surface area contributed by atoms with Crippen LogP contribution in [0.15, 0.2) is 12.2 Å². The van der Waals surface area contributed by atoms with E-state index in [1.165, 1.54) is 0 Å². The van der Waals surface area contributed by atoms with Gasteiger partial charge in [0.2, 0.25) is 5.91 Å². The molecule has 0 aromatic carbocycles. The van der Waals surface area contributed by atoms with Crippen molar-refractivity contribution in [2.75, 3.05) is 0 Å². The number of allylic oxidation sites excluding steroid dienone is 1. The average Bonchev–Trinajstić information content (AvgIpc) is 3.07. The monoisotopic (exact) mass is 453 g/mol. The van der Waals surface area contributed by atoms with Gasteiger partial charge >= 0.3 is 11.9 Å². The number of ketones is 1. The molecule has 0 radical (unpaired) electrons. The summed E-state index contributed by atoms with van der Waals surface area (Å²) < 4.78 is 0. The SMILES string of the molecule is CCCCC[C@H](O)C=C[C@H]1CCC(=O)[C@@H]1CCCCCCC(=O)NC(CC(=O)O)C(=O)O. The van der Waals surface area contributed by atoms with Crippen molar-refractivity contribution in [3.8, 4) is 0 Å². The molecule has 0 aromatic rings. The Kier molecular flexibility index (Phi) is 13.5. The zero-order chi connectivity index (χ0) is 23.9. The van der Waals surface area contributed by atoms with Crippen LogP contribution in [0, 0.1) is 11.8 Å². The minimum atomic E-state index is -1.41. The van der Waals surface area contributed by atoms with Crippen LogP contribution in [-0.4, -0.2) is 51.1 Å². The molecule has 0 saturated heterocycles. The minimum absolute atomic E-state index is 0.00438. The lowest BCUT2D eigenvalue weighted by atomic mass is 9.89. The van der Waals surface area contributed by atoms with E-state index in [4.69, 9.17) is 10.2 Å². The smallest absolute Gasteiger partial charge is 0.326 e. The number of hydrogen-bond donors (Lipinski definition) is 4. The van der Waals surface area contributed by atoms with Crippen LogP contribution in [0.5, 0.6) is 0 Å². The minimum Gasteiger partial charge on any atom is -0.481 e. The van der Waals surface area contributed by atoms with Gasteiger partial charge < -0.3 is 20.6 Å². The molecule has 4 N–H and O–H groups in total. The van der Waals surface area contributed by atoms with Crippen LogP contribution in [0.1, 0.15) is 90.4 Å². The largest absolute Gasteiger partial charge is 0.481 e. The van der Waals surface area contributed by atoms with Crippen molar-refractivity contribution in [2.45, 2.75) is 103 Å². The first-order chi connectivity index (χ1) is 15.2. The second kappa shape index (κ2) is 15.6. The number of unbranched alkanes of at least 4 members (excludes halogenated alkanes) is 5. The average molecular weight is 454 g/mol. The van der Waals surface area contributed by atoms with E-state index in [1.54, 1.807) is 0 Å². The molecular formula is C24H39NO7. The van der Waals surface area contributed by atoms with Crippen molar-refractivity contribution in [1.82, 2.24) is 5.32 Å². The molecule has 0 heterocycles. The lowest BCUT2D eigenvalue weighted by Gasteiger charge is -2.15. The molecule has 0 aliphatic heterocycles. The number of rotatable bonds is 17. The molecule has 1 saturated carbocycles. The molecule has 182 valence electrons. The molecule has 0 aromatic heterocycles. The van der Waals surface area contributed by atoms with E-state index < -0.39 is 36.4 Å². The first kappa shape index (κ1) is 27.8. The number of aliphatic hydroxyl groups is 1. The molecular weight excluding hydrogens is 414 g/mol. The van der Waals surface area contributed by atoms with Crippen molar-refractivity contribution >= 4 is 23.6 Å². The summed E-state index contributed by atoms with van der Waals surface area (Å²) in [6, 6.07) is -1.41. The van der Waals surface area contributed by atoms with Crippen molar-refractivity contribution in [1.29, 1.82) is 0 Å². The van der Waals surface area contributed by atoms with Crippen LogP contribution in [0.3, 0.4) is 0 Å². The maximum absolute atomic E-state index is 12.2. The summed E-state index contributed by atoms with van der Waals surface area (Å²) in [5, 5.41) is 30.0. The van der Waals surface area contributed by atoms with Gasteiger partial charge in [0, 0.05) is 18.8 Å². The van der Waals surface area contributed by atoms with Gasteiger partial charge in [-0.2, -0.15) is 0 Å². The maximum Gasteiger partial charge on any atom is 0.326 e. The number of Topliss-reactive ketones (excluding diaryl/α,β-unsaturated/α-hetero) is 1. The number of aliphatic carboxylic acids is 2. The fourth-order valence-corrected chi connectivity index (χ4v) is 4.15. The number of carbonyl (C=O) groups excluding carboxylic acids is 2. The molecule has 8 heteroatoms. The first-order valence-electron chi connectivity index (χ1n) is 11.9. The van der Waals surface area contributed by atoms with Crippen LogP contribution in [0.2, 0.25) is 0 Å². The summed E-state index contributed by atoms with van der Waals surface area (Å²) in [5.74, 6) is -2.62. The van der Waals surface area contributed by atoms with Gasteiger partial charge in [-0.05, 0) is 31.6 Å². The summed E-state index contributed by atoms with van der Waals surface area (Å²) >= 11 is 0. The predicted octanol–water partition coefficient (Wildman–Crippen LogP) is 3.46. The van der Waals surface area contributed by atoms with E-state index in [9.17, 15) is 24.3 Å². The molecule has 1 amide bonds. The number of aliphatic hydroxyl groups excluding tert-OH is 1. The molecule has 0 spiro atoms. The van der Waals surface area contributed by atoms with Crippen LogP contribution < -0.4 is 5.32 Å². The highest BCUT2D eigenvalue weighted by Gasteiger charge is 2.32. The number of nitrogens with one attached hydrogen (secondary N) is 1. The van der Waals surface area contributed by atoms with Crippen LogP contribution in [-0.2, 0) is 19.2 Å². The highest BCUT2D eigenvalue weighted by Crippen LogP contribution is 2.34. The van der Waals surface area contributed by atoms with E-state index >= 15 is 0 Å². The Morgan fingerprint density at radius 1 is 1.09 bits per heavy atom. The standard InChI is InChI=1S/C24H39NO7/c1-2-3-6-9-18(26)14-12-17-13-15-21(27)19(17)10-7-4-5-8-11-22(28)25-20(24(31)32)16-23(29)30/h12,14,17-20,26H,2-11,13,15-16H2,1H3,(H,25,28)(H,29,30)(H,31,32)/t17-,18-,19+,20?/m0/s1. The molecule has 32 heavy (non-hydrogen) atoms. The lowest BCUT2D eigenvalue weighted by Crippen LogP contribution is -2.42. The van der Waals surface area contributed by atoms with Crippen LogP contribution >= 0.6 is 0 Å². The number of amides is 1. The van der Waals surface area contributed by atoms with Gasteiger partial charge in [0.25, 0.3) is 0 Å². The van der Waals surface area contributed by atoms with E-state index in [1.807, 2.05) is 12.2 Å². The molecule has 1 fully saturated rings. The zero-order valence-electron chi connectivity index (χ0n) is 19.1. The second-order valence-electron chi connectivity index (χ2n) is 8.73. The molecule has 1 aliphatic rings. The van der Waals surface area contributed by atoms with Crippen molar-refractivity contribution in [3.05, 3.63) is 12.2 Å². The van der Waals surface area contributed by atoms with Crippen LogP contribution in [0.4, 0.5) is 0 Å². The van der Waals surface area contributed by atoms with Crippen LogP contribution in [0.25, 0.3) is 0 Å².